The Kier molecular flexibility index (Phi) is 10.7. The summed E-state index contributed by atoms with van der Waals surface area (Å²) in [6.07, 6.45) is 11.5. The highest BCUT2D eigenvalue weighted by Crippen LogP contribution is 2.42. The lowest BCUT2D eigenvalue weighted by molar-refractivity contribution is -0.0384. The average molecular weight is 521 g/mol. The summed E-state index contributed by atoms with van der Waals surface area (Å²) in [7, 11) is 0. The largest absolute Gasteiger partial charge is 0.248 e. The monoisotopic (exact) mass is 520 g/mol. The lowest BCUT2D eigenvalue weighted by Gasteiger charge is -2.28. The fourth-order valence-corrected chi connectivity index (χ4v) is 4.70. The van der Waals surface area contributed by atoms with E-state index < -0.39 is 35.1 Å². The maximum atomic E-state index is 14.7. The second-order valence-corrected chi connectivity index (χ2v) is 9.88. The molecule has 2 aromatic rings. The van der Waals surface area contributed by atoms with Gasteiger partial charge in [-0.3, -0.25) is 0 Å². The first kappa shape index (κ1) is 28.9. The summed E-state index contributed by atoms with van der Waals surface area (Å²) in [5.74, 6) is -2.18. The smallest absolute Gasteiger partial charge is 0.207 e. The first-order valence-corrected chi connectivity index (χ1v) is 13.2. The molecule has 37 heavy (non-hydrogen) atoms. The summed E-state index contributed by atoms with van der Waals surface area (Å²) < 4.78 is 85.0. The molecule has 6 heteroatoms. The van der Waals surface area contributed by atoms with E-state index in [1.165, 1.54) is 43.9 Å². The molecule has 0 atom stereocenters. The Morgan fingerprint density at radius 1 is 0.838 bits per heavy atom. The van der Waals surface area contributed by atoms with Gasteiger partial charge in [-0.1, -0.05) is 75.5 Å². The first-order chi connectivity index (χ1) is 17.7. The van der Waals surface area contributed by atoms with Gasteiger partial charge >= 0.3 is 0 Å². The van der Waals surface area contributed by atoms with E-state index in [2.05, 4.69) is 18.8 Å². The van der Waals surface area contributed by atoms with E-state index in [0.717, 1.165) is 37.8 Å². The van der Waals surface area contributed by atoms with Crippen LogP contribution in [0.5, 0.6) is 0 Å². The fourth-order valence-electron chi connectivity index (χ4n) is 4.70. The van der Waals surface area contributed by atoms with Crippen molar-refractivity contribution in [2.45, 2.75) is 95.8 Å². The first-order valence-electron chi connectivity index (χ1n) is 13.2. The van der Waals surface area contributed by atoms with E-state index in [-0.39, 0.29) is 47.9 Å². The molecule has 200 valence electrons. The molecular weight excluding hydrogens is 486 g/mol. The maximum absolute atomic E-state index is 14.7. The van der Waals surface area contributed by atoms with Crippen LogP contribution in [0.15, 0.2) is 30.3 Å². The van der Waals surface area contributed by atoms with Crippen LogP contribution < -0.4 is 0 Å². The molecule has 1 saturated carbocycles. The van der Waals surface area contributed by atoms with Crippen molar-refractivity contribution in [1.29, 1.82) is 0 Å². The molecule has 1 fully saturated rings. The SMILES string of the molecule is CCCCCCCCC/C=C/c1c(F)cc(C#Cc2ccc(C3CCC(F)(F)CC3)c(F)c2F)cc1F. The highest BCUT2D eigenvalue weighted by Gasteiger charge is 2.36. The van der Waals surface area contributed by atoms with Crippen molar-refractivity contribution in [2.75, 3.05) is 0 Å². The lowest BCUT2D eigenvalue weighted by Crippen LogP contribution is -2.24. The summed E-state index contributed by atoms with van der Waals surface area (Å²) in [6.45, 7) is 2.18. The molecule has 2 aromatic carbocycles. The molecule has 0 unspecified atom stereocenters. The van der Waals surface area contributed by atoms with Crippen LogP contribution in [0.3, 0.4) is 0 Å². The second-order valence-electron chi connectivity index (χ2n) is 9.88. The zero-order chi connectivity index (χ0) is 26.8. The van der Waals surface area contributed by atoms with Crippen LogP contribution in [0.1, 0.15) is 112 Å². The summed E-state index contributed by atoms with van der Waals surface area (Å²) in [5, 5.41) is 0. The molecule has 0 amide bonds. The Labute approximate surface area is 216 Å². The normalized spacial score (nSPS) is 15.6. The van der Waals surface area contributed by atoms with Gasteiger partial charge < -0.3 is 0 Å². The Bertz CT molecular complexity index is 1110. The Hall–Kier alpha value is -2.68. The van der Waals surface area contributed by atoms with Gasteiger partial charge in [0, 0.05) is 24.0 Å². The molecular formula is C31H34F6. The predicted octanol–water partition coefficient (Wildman–Crippen LogP) is 10.1. The highest BCUT2D eigenvalue weighted by atomic mass is 19.3. The third-order valence-electron chi connectivity index (χ3n) is 6.95. The standard InChI is InChI=1S/C31H34F6/c1-2-3-4-5-6-7-8-9-10-11-26-27(32)20-22(21-28(26)33)12-13-24-14-15-25(30(35)29(24)34)23-16-18-31(36,37)19-17-23/h10-11,14-15,20-21,23H,2-9,16-19H2,1H3/b11-10+. The van der Waals surface area contributed by atoms with Crippen molar-refractivity contribution >= 4 is 6.08 Å². The van der Waals surface area contributed by atoms with Crippen LogP contribution in [0.2, 0.25) is 0 Å². The van der Waals surface area contributed by atoms with Gasteiger partial charge in [-0.15, -0.1) is 0 Å². The van der Waals surface area contributed by atoms with Crippen LogP contribution in [0.4, 0.5) is 26.3 Å². The van der Waals surface area contributed by atoms with E-state index >= 15 is 0 Å². The third-order valence-corrected chi connectivity index (χ3v) is 6.95. The van der Waals surface area contributed by atoms with Gasteiger partial charge in [0.05, 0.1) is 5.56 Å². The molecule has 0 heterocycles. The van der Waals surface area contributed by atoms with E-state index in [1.807, 2.05) is 0 Å². The number of halogens is 6. The van der Waals surface area contributed by atoms with Gasteiger partial charge in [0.1, 0.15) is 11.6 Å². The number of benzene rings is 2. The predicted molar refractivity (Wildman–Crippen MR) is 136 cm³/mol. The van der Waals surface area contributed by atoms with Gasteiger partial charge in [-0.2, -0.15) is 0 Å². The molecule has 0 radical (unpaired) electrons. The minimum absolute atomic E-state index is 0.00220. The zero-order valence-electron chi connectivity index (χ0n) is 21.3. The van der Waals surface area contributed by atoms with Crippen molar-refractivity contribution in [3.05, 3.63) is 75.9 Å². The van der Waals surface area contributed by atoms with E-state index in [1.54, 1.807) is 6.08 Å². The summed E-state index contributed by atoms with van der Waals surface area (Å²) in [4.78, 5) is 0. The summed E-state index contributed by atoms with van der Waals surface area (Å²) in [5.41, 5.74) is -0.365. The van der Waals surface area contributed by atoms with Gasteiger partial charge in [-0.25, -0.2) is 26.3 Å². The molecule has 0 aliphatic heterocycles. The van der Waals surface area contributed by atoms with Gasteiger partial charge in [0.15, 0.2) is 11.6 Å². The van der Waals surface area contributed by atoms with Crippen LogP contribution >= 0.6 is 0 Å². The highest BCUT2D eigenvalue weighted by molar-refractivity contribution is 5.54. The minimum atomic E-state index is -2.76. The molecule has 1 aliphatic carbocycles. The average Bonchev–Trinajstić information content (AvgIpc) is 2.85. The Morgan fingerprint density at radius 2 is 1.46 bits per heavy atom. The number of allylic oxidation sites excluding steroid dienone is 1. The molecule has 0 saturated heterocycles. The van der Waals surface area contributed by atoms with Gasteiger partial charge in [-0.05, 0) is 55.4 Å². The number of hydrogen-bond acceptors (Lipinski definition) is 0. The van der Waals surface area contributed by atoms with Crippen molar-refractivity contribution in [2.24, 2.45) is 0 Å². The third kappa shape index (κ3) is 8.42. The van der Waals surface area contributed by atoms with Crippen molar-refractivity contribution in [3.63, 3.8) is 0 Å². The molecule has 0 bridgehead atoms. The van der Waals surface area contributed by atoms with Crippen LogP contribution in [-0.2, 0) is 0 Å². The number of unbranched alkanes of at least 4 members (excludes halogenated alkanes) is 7. The molecule has 1 aliphatic rings. The second kappa shape index (κ2) is 13.7. The fraction of sp³-hybridized carbons (Fsp3) is 0.484. The molecule has 0 nitrogen and oxygen atoms in total. The van der Waals surface area contributed by atoms with E-state index in [4.69, 9.17) is 0 Å². The van der Waals surface area contributed by atoms with Crippen molar-refractivity contribution < 1.29 is 26.3 Å². The molecule has 0 N–H and O–H groups in total. The van der Waals surface area contributed by atoms with Crippen molar-refractivity contribution in [1.82, 2.24) is 0 Å². The maximum Gasteiger partial charge on any atom is 0.248 e. The quantitative estimate of drug-likeness (QED) is 0.166. The Morgan fingerprint density at radius 3 is 2.11 bits per heavy atom. The number of rotatable bonds is 10. The van der Waals surface area contributed by atoms with Gasteiger partial charge in [0.25, 0.3) is 0 Å². The molecule has 3 rings (SSSR count). The summed E-state index contributed by atoms with van der Waals surface area (Å²) in [6, 6.07) is 4.76. The van der Waals surface area contributed by atoms with Gasteiger partial charge in [0.2, 0.25) is 5.92 Å². The number of alkyl halides is 2. The zero-order valence-corrected chi connectivity index (χ0v) is 21.3. The Balaban J connectivity index is 1.62. The van der Waals surface area contributed by atoms with E-state index in [0.29, 0.717) is 0 Å². The van der Waals surface area contributed by atoms with Crippen LogP contribution in [0, 0.1) is 35.1 Å². The van der Waals surface area contributed by atoms with Crippen LogP contribution in [-0.4, -0.2) is 5.92 Å². The lowest BCUT2D eigenvalue weighted by atomic mass is 9.82. The topological polar surface area (TPSA) is 0 Å². The number of hydrogen-bond donors (Lipinski definition) is 0. The molecule has 0 spiro atoms. The van der Waals surface area contributed by atoms with Crippen molar-refractivity contribution in [3.8, 4) is 11.8 Å². The van der Waals surface area contributed by atoms with Crippen LogP contribution in [0.25, 0.3) is 6.08 Å². The summed E-state index contributed by atoms with van der Waals surface area (Å²) >= 11 is 0. The molecule has 0 aromatic heterocycles. The van der Waals surface area contributed by atoms with E-state index in [9.17, 15) is 26.3 Å². The minimum Gasteiger partial charge on any atom is -0.207 e.